The van der Waals surface area contributed by atoms with Gasteiger partial charge in [-0.3, -0.25) is 0 Å². The lowest BCUT2D eigenvalue weighted by Crippen LogP contribution is -1.84. The van der Waals surface area contributed by atoms with Gasteiger partial charge < -0.3 is 5.11 Å². The van der Waals surface area contributed by atoms with Gasteiger partial charge >= 0.3 is 0 Å². The van der Waals surface area contributed by atoms with Gasteiger partial charge in [-0.2, -0.15) is 5.26 Å². The molecule has 0 radical (unpaired) electrons. The lowest BCUT2D eigenvalue weighted by molar-refractivity contribution is 0.282. The Morgan fingerprint density at radius 1 is 1.21 bits per heavy atom. The van der Waals surface area contributed by atoms with Crippen LogP contribution < -0.4 is 0 Å². The number of nitriles is 1. The van der Waals surface area contributed by atoms with Crippen LogP contribution in [0.15, 0.2) is 36.4 Å². The SMILES string of the molecule is N#Cc1cccc2cc(CO)ccc12. The monoisotopic (exact) mass is 183 g/mol. The van der Waals surface area contributed by atoms with Crippen LogP contribution in [0.3, 0.4) is 0 Å². The summed E-state index contributed by atoms with van der Waals surface area (Å²) in [6.45, 7) is 0.0344. The largest absolute Gasteiger partial charge is 0.392 e. The van der Waals surface area contributed by atoms with Crippen molar-refractivity contribution in [3.8, 4) is 6.07 Å². The molecule has 0 unspecified atom stereocenters. The van der Waals surface area contributed by atoms with Gasteiger partial charge in [-0.25, -0.2) is 0 Å². The summed E-state index contributed by atoms with van der Waals surface area (Å²) >= 11 is 0. The fourth-order valence-electron chi connectivity index (χ4n) is 1.53. The first kappa shape index (κ1) is 8.74. The van der Waals surface area contributed by atoms with Crippen molar-refractivity contribution in [3.63, 3.8) is 0 Å². The number of benzene rings is 2. The molecule has 0 fully saturated rings. The quantitative estimate of drug-likeness (QED) is 0.736. The van der Waals surface area contributed by atoms with Gasteiger partial charge in [0.05, 0.1) is 18.2 Å². The first-order valence-corrected chi connectivity index (χ1v) is 4.38. The summed E-state index contributed by atoms with van der Waals surface area (Å²) < 4.78 is 0. The average Bonchev–Trinajstić information content (AvgIpc) is 2.27. The first-order valence-electron chi connectivity index (χ1n) is 4.38. The Morgan fingerprint density at radius 2 is 2.07 bits per heavy atom. The highest BCUT2D eigenvalue weighted by Gasteiger charge is 1.99. The highest BCUT2D eigenvalue weighted by molar-refractivity contribution is 5.88. The van der Waals surface area contributed by atoms with Crippen molar-refractivity contribution >= 4 is 10.8 Å². The van der Waals surface area contributed by atoms with Crippen LogP contribution in [0.2, 0.25) is 0 Å². The molecule has 0 bridgehead atoms. The predicted octanol–water partition coefficient (Wildman–Crippen LogP) is 2.20. The molecule has 2 aromatic rings. The third-order valence-electron chi connectivity index (χ3n) is 2.25. The van der Waals surface area contributed by atoms with E-state index in [1.807, 2.05) is 30.3 Å². The van der Waals surface area contributed by atoms with E-state index in [-0.39, 0.29) is 6.61 Å². The van der Waals surface area contributed by atoms with Crippen LogP contribution in [0.5, 0.6) is 0 Å². The van der Waals surface area contributed by atoms with E-state index in [9.17, 15) is 0 Å². The van der Waals surface area contributed by atoms with Gasteiger partial charge in [-0.1, -0.05) is 24.3 Å². The van der Waals surface area contributed by atoms with E-state index >= 15 is 0 Å². The van der Waals surface area contributed by atoms with Gasteiger partial charge in [0.1, 0.15) is 0 Å². The van der Waals surface area contributed by atoms with Gasteiger partial charge in [-0.05, 0) is 28.5 Å². The number of rotatable bonds is 1. The van der Waals surface area contributed by atoms with Crippen molar-refractivity contribution in [2.45, 2.75) is 6.61 Å². The van der Waals surface area contributed by atoms with Crippen molar-refractivity contribution in [2.75, 3.05) is 0 Å². The second-order valence-electron chi connectivity index (χ2n) is 3.13. The summed E-state index contributed by atoms with van der Waals surface area (Å²) in [6.07, 6.45) is 0. The van der Waals surface area contributed by atoms with Gasteiger partial charge in [0.15, 0.2) is 0 Å². The van der Waals surface area contributed by atoms with Crippen LogP contribution >= 0.6 is 0 Å². The zero-order chi connectivity index (χ0) is 9.97. The summed E-state index contributed by atoms with van der Waals surface area (Å²) in [6, 6.07) is 13.3. The van der Waals surface area contributed by atoms with Crippen LogP contribution in [-0.2, 0) is 6.61 Å². The van der Waals surface area contributed by atoms with Crippen LogP contribution in [0.25, 0.3) is 10.8 Å². The number of nitrogens with zero attached hydrogens (tertiary/aromatic N) is 1. The number of aliphatic hydroxyl groups is 1. The number of fused-ring (bicyclic) bond motifs is 1. The summed E-state index contributed by atoms with van der Waals surface area (Å²) in [5.74, 6) is 0. The summed E-state index contributed by atoms with van der Waals surface area (Å²) in [5.41, 5.74) is 1.54. The van der Waals surface area contributed by atoms with Gasteiger partial charge in [0, 0.05) is 0 Å². The van der Waals surface area contributed by atoms with Crippen LogP contribution in [0.4, 0.5) is 0 Å². The topological polar surface area (TPSA) is 44.0 Å². The van der Waals surface area contributed by atoms with Crippen LogP contribution in [0.1, 0.15) is 11.1 Å². The van der Waals surface area contributed by atoms with Gasteiger partial charge in [-0.15, -0.1) is 0 Å². The maximum Gasteiger partial charge on any atom is 0.0998 e. The smallest absolute Gasteiger partial charge is 0.0998 e. The van der Waals surface area contributed by atoms with Crippen molar-refractivity contribution in [1.29, 1.82) is 5.26 Å². The van der Waals surface area contributed by atoms with E-state index in [0.29, 0.717) is 5.56 Å². The van der Waals surface area contributed by atoms with Crippen LogP contribution in [-0.4, -0.2) is 5.11 Å². The molecule has 1 N–H and O–H groups in total. The molecule has 2 heteroatoms. The second kappa shape index (κ2) is 3.49. The second-order valence-corrected chi connectivity index (χ2v) is 3.13. The standard InChI is InChI=1S/C12H9NO/c13-7-11-3-1-2-10-6-9(8-14)4-5-12(10)11/h1-6,14H,8H2. The molecule has 0 saturated carbocycles. The van der Waals surface area contributed by atoms with Gasteiger partial charge in [0.2, 0.25) is 0 Å². The van der Waals surface area contributed by atoms with Gasteiger partial charge in [0.25, 0.3) is 0 Å². The molecule has 0 aromatic heterocycles. The Labute approximate surface area is 82.0 Å². The molecule has 0 heterocycles. The maximum atomic E-state index is 8.96. The van der Waals surface area contributed by atoms with Crippen LogP contribution in [0, 0.1) is 11.3 Å². The summed E-state index contributed by atoms with van der Waals surface area (Å²) in [7, 11) is 0. The molecule has 0 amide bonds. The fraction of sp³-hybridized carbons (Fsp3) is 0.0833. The summed E-state index contributed by atoms with van der Waals surface area (Å²) in [5, 5.41) is 19.8. The molecule has 2 rings (SSSR count). The Kier molecular flexibility index (Phi) is 2.18. The van der Waals surface area contributed by atoms with Crippen molar-refractivity contribution in [1.82, 2.24) is 0 Å². The van der Waals surface area contributed by atoms with Crippen molar-refractivity contribution in [2.24, 2.45) is 0 Å². The fourth-order valence-corrected chi connectivity index (χ4v) is 1.53. The predicted molar refractivity (Wildman–Crippen MR) is 54.6 cm³/mol. The molecular weight excluding hydrogens is 174 g/mol. The highest BCUT2D eigenvalue weighted by Crippen LogP contribution is 2.19. The third kappa shape index (κ3) is 1.34. The molecule has 0 aliphatic rings. The van der Waals surface area contributed by atoms with E-state index < -0.39 is 0 Å². The molecule has 0 spiro atoms. The minimum absolute atomic E-state index is 0.0344. The number of hydrogen-bond donors (Lipinski definition) is 1. The first-order chi connectivity index (χ1) is 6.85. The number of hydrogen-bond acceptors (Lipinski definition) is 2. The lowest BCUT2D eigenvalue weighted by atomic mass is 10.0. The maximum absolute atomic E-state index is 8.96. The molecule has 0 aliphatic heterocycles. The van der Waals surface area contributed by atoms with E-state index in [1.54, 1.807) is 6.07 Å². The minimum Gasteiger partial charge on any atom is -0.392 e. The third-order valence-corrected chi connectivity index (χ3v) is 2.25. The van der Waals surface area contributed by atoms with E-state index in [2.05, 4.69) is 6.07 Å². The zero-order valence-corrected chi connectivity index (χ0v) is 7.57. The molecule has 68 valence electrons. The molecular formula is C12H9NO. The lowest BCUT2D eigenvalue weighted by Gasteiger charge is -2.01. The van der Waals surface area contributed by atoms with E-state index in [0.717, 1.165) is 16.3 Å². The van der Waals surface area contributed by atoms with Crippen molar-refractivity contribution in [3.05, 3.63) is 47.5 Å². The molecule has 2 nitrogen and oxygen atoms in total. The number of aliphatic hydroxyl groups excluding tert-OH is 1. The Balaban J connectivity index is 2.75. The molecule has 0 aliphatic carbocycles. The Hall–Kier alpha value is -1.85. The Bertz CT molecular complexity index is 511. The van der Waals surface area contributed by atoms with Crippen molar-refractivity contribution < 1.29 is 5.11 Å². The summed E-state index contributed by atoms with van der Waals surface area (Å²) in [4.78, 5) is 0. The van der Waals surface area contributed by atoms with E-state index in [4.69, 9.17) is 10.4 Å². The highest BCUT2D eigenvalue weighted by atomic mass is 16.3. The molecule has 2 aromatic carbocycles. The molecule has 14 heavy (non-hydrogen) atoms. The zero-order valence-electron chi connectivity index (χ0n) is 7.57. The molecule has 0 saturated heterocycles. The normalized spacial score (nSPS) is 10.0. The average molecular weight is 183 g/mol. The minimum atomic E-state index is 0.0344. The van der Waals surface area contributed by atoms with E-state index in [1.165, 1.54) is 0 Å². The Morgan fingerprint density at radius 3 is 2.79 bits per heavy atom. The molecule has 0 atom stereocenters.